The molecule has 0 radical (unpaired) electrons. The second kappa shape index (κ2) is 7.22. The van der Waals surface area contributed by atoms with E-state index >= 15 is 0 Å². The third-order valence-electron chi connectivity index (χ3n) is 3.70. The highest BCUT2D eigenvalue weighted by Crippen LogP contribution is 2.13. The number of carbonyl (C=O) groups is 2. The van der Waals surface area contributed by atoms with Crippen LogP contribution in [0.5, 0.6) is 0 Å². The van der Waals surface area contributed by atoms with Gasteiger partial charge in [0.2, 0.25) is 11.8 Å². The Morgan fingerprint density at radius 2 is 1.95 bits per heavy atom. The van der Waals surface area contributed by atoms with E-state index < -0.39 is 0 Å². The summed E-state index contributed by atoms with van der Waals surface area (Å²) in [4.78, 5) is 25.3. The molecule has 1 atom stereocenters. The highest BCUT2D eigenvalue weighted by Gasteiger charge is 2.20. The number of rotatable bonds is 4. The van der Waals surface area contributed by atoms with Crippen molar-refractivity contribution in [1.82, 2.24) is 10.2 Å². The Balaban J connectivity index is 1.89. The van der Waals surface area contributed by atoms with Crippen LogP contribution in [0.3, 0.4) is 0 Å². The molecule has 5 nitrogen and oxygen atoms in total. The van der Waals surface area contributed by atoms with Gasteiger partial charge in [0, 0.05) is 19.8 Å². The summed E-state index contributed by atoms with van der Waals surface area (Å²) in [5, 5.41) is 6.14. The van der Waals surface area contributed by atoms with E-state index in [-0.39, 0.29) is 17.9 Å². The SMILES string of the molecule is CN(C)C(=O)Cc1ccc(NC(=O)C2CCCCN2)cc1. The Hall–Kier alpha value is -1.88. The fraction of sp³-hybridized carbons (Fsp3) is 0.500. The first-order chi connectivity index (χ1) is 10.1. The summed E-state index contributed by atoms with van der Waals surface area (Å²) < 4.78 is 0. The van der Waals surface area contributed by atoms with E-state index in [2.05, 4.69) is 10.6 Å². The molecule has 1 fully saturated rings. The average molecular weight is 289 g/mol. The van der Waals surface area contributed by atoms with Crippen molar-refractivity contribution in [2.24, 2.45) is 0 Å². The lowest BCUT2D eigenvalue weighted by atomic mass is 10.0. The summed E-state index contributed by atoms with van der Waals surface area (Å²) in [7, 11) is 3.49. The van der Waals surface area contributed by atoms with Crippen LogP contribution in [0, 0.1) is 0 Å². The van der Waals surface area contributed by atoms with Gasteiger partial charge in [-0.1, -0.05) is 18.6 Å². The van der Waals surface area contributed by atoms with Crippen LogP contribution in [0.25, 0.3) is 0 Å². The topological polar surface area (TPSA) is 61.4 Å². The van der Waals surface area contributed by atoms with Crippen LogP contribution in [-0.4, -0.2) is 43.4 Å². The van der Waals surface area contributed by atoms with Gasteiger partial charge in [0.25, 0.3) is 0 Å². The predicted molar refractivity (Wildman–Crippen MR) is 83.1 cm³/mol. The fourth-order valence-corrected chi connectivity index (χ4v) is 2.34. The van der Waals surface area contributed by atoms with Crippen LogP contribution in [0.2, 0.25) is 0 Å². The lowest BCUT2D eigenvalue weighted by Crippen LogP contribution is -2.43. The number of hydrogen-bond acceptors (Lipinski definition) is 3. The number of nitrogens with zero attached hydrogens (tertiary/aromatic N) is 1. The Bertz CT molecular complexity index is 491. The Labute approximate surface area is 125 Å². The van der Waals surface area contributed by atoms with Crippen molar-refractivity contribution in [2.75, 3.05) is 26.0 Å². The Kier molecular flexibility index (Phi) is 5.33. The van der Waals surface area contributed by atoms with Crippen LogP contribution >= 0.6 is 0 Å². The fourth-order valence-electron chi connectivity index (χ4n) is 2.34. The van der Waals surface area contributed by atoms with Crippen molar-refractivity contribution < 1.29 is 9.59 Å². The third-order valence-corrected chi connectivity index (χ3v) is 3.70. The summed E-state index contributed by atoms with van der Waals surface area (Å²) in [6, 6.07) is 7.36. The van der Waals surface area contributed by atoms with Crippen LogP contribution in [-0.2, 0) is 16.0 Å². The molecule has 1 heterocycles. The van der Waals surface area contributed by atoms with Gasteiger partial charge in [-0.25, -0.2) is 0 Å². The first-order valence-corrected chi connectivity index (χ1v) is 7.39. The molecule has 1 unspecified atom stereocenters. The molecule has 2 rings (SSSR count). The summed E-state index contributed by atoms with van der Waals surface area (Å²) in [6.07, 6.45) is 3.50. The number of piperidine rings is 1. The minimum Gasteiger partial charge on any atom is -0.349 e. The van der Waals surface area contributed by atoms with Gasteiger partial charge in [-0.3, -0.25) is 9.59 Å². The number of anilines is 1. The minimum atomic E-state index is -0.0891. The van der Waals surface area contributed by atoms with Gasteiger partial charge in [0.15, 0.2) is 0 Å². The lowest BCUT2D eigenvalue weighted by molar-refractivity contribution is -0.128. The van der Waals surface area contributed by atoms with E-state index in [0.717, 1.165) is 37.1 Å². The zero-order chi connectivity index (χ0) is 15.2. The molecule has 1 aromatic rings. The highest BCUT2D eigenvalue weighted by molar-refractivity contribution is 5.94. The van der Waals surface area contributed by atoms with E-state index in [4.69, 9.17) is 0 Å². The zero-order valence-electron chi connectivity index (χ0n) is 12.7. The maximum absolute atomic E-state index is 12.1. The van der Waals surface area contributed by atoms with Gasteiger partial charge in [-0.15, -0.1) is 0 Å². The molecular formula is C16H23N3O2. The second-order valence-electron chi connectivity index (χ2n) is 5.65. The number of carbonyl (C=O) groups excluding carboxylic acids is 2. The van der Waals surface area contributed by atoms with Gasteiger partial charge >= 0.3 is 0 Å². The van der Waals surface area contributed by atoms with E-state index in [9.17, 15) is 9.59 Å². The molecular weight excluding hydrogens is 266 g/mol. The van der Waals surface area contributed by atoms with E-state index in [1.165, 1.54) is 0 Å². The number of benzene rings is 1. The molecule has 21 heavy (non-hydrogen) atoms. The second-order valence-corrected chi connectivity index (χ2v) is 5.65. The first kappa shape index (κ1) is 15.5. The summed E-state index contributed by atoms with van der Waals surface area (Å²) in [5.74, 6) is 0.0880. The van der Waals surface area contributed by atoms with Crippen LogP contribution < -0.4 is 10.6 Å². The van der Waals surface area contributed by atoms with Crippen molar-refractivity contribution in [1.29, 1.82) is 0 Å². The smallest absolute Gasteiger partial charge is 0.241 e. The summed E-state index contributed by atoms with van der Waals surface area (Å²) in [5.41, 5.74) is 1.72. The predicted octanol–water partition coefficient (Wildman–Crippen LogP) is 1.40. The van der Waals surface area contributed by atoms with Crippen LogP contribution in [0.15, 0.2) is 24.3 Å². The van der Waals surface area contributed by atoms with Crippen molar-refractivity contribution >= 4 is 17.5 Å². The number of amides is 2. The largest absolute Gasteiger partial charge is 0.349 e. The lowest BCUT2D eigenvalue weighted by Gasteiger charge is -2.22. The average Bonchev–Trinajstić information content (AvgIpc) is 2.50. The van der Waals surface area contributed by atoms with E-state index in [0.29, 0.717) is 6.42 Å². The van der Waals surface area contributed by atoms with Crippen LogP contribution in [0.1, 0.15) is 24.8 Å². The third kappa shape index (κ3) is 4.56. The van der Waals surface area contributed by atoms with Crippen molar-refractivity contribution in [3.63, 3.8) is 0 Å². The van der Waals surface area contributed by atoms with Crippen LogP contribution in [0.4, 0.5) is 5.69 Å². The highest BCUT2D eigenvalue weighted by atomic mass is 16.2. The number of likely N-dealkylation sites (N-methyl/N-ethyl adjacent to an activating group) is 1. The molecule has 0 saturated carbocycles. The minimum absolute atomic E-state index is 0.0202. The van der Waals surface area contributed by atoms with Gasteiger partial charge in [-0.05, 0) is 37.1 Å². The molecule has 2 N–H and O–H groups in total. The van der Waals surface area contributed by atoms with Gasteiger partial charge in [0.05, 0.1) is 12.5 Å². The first-order valence-electron chi connectivity index (χ1n) is 7.39. The molecule has 0 bridgehead atoms. The number of nitrogens with one attached hydrogen (secondary N) is 2. The Morgan fingerprint density at radius 1 is 1.24 bits per heavy atom. The molecule has 1 saturated heterocycles. The molecule has 1 aliphatic heterocycles. The maximum Gasteiger partial charge on any atom is 0.241 e. The monoisotopic (exact) mass is 289 g/mol. The van der Waals surface area contributed by atoms with E-state index in [1.54, 1.807) is 19.0 Å². The molecule has 0 aromatic heterocycles. The van der Waals surface area contributed by atoms with Crippen molar-refractivity contribution in [3.8, 4) is 0 Å². The zero-order valence-corrected chi connectivity index (χ0v) is 12.7. The van der Waals surface area contributed by atoms with Gasteiger partial charge in [0.1, 0.15) is 0 Å². The molecule has 1 aliphatic rings. The number of hydrogen-bond donors (Lipinski definition) is 2. The van der Waals surface area contributed by atoms with E-state index in [1.807, 2.05) is 24.3 Å². The summed E-state index contributed by atoms with van der Waals surface area (Å²) >= 11 is 0. The van der Waals surface area contributed by atoms with Gasteiger partial charge in [-0.2, -0.15) is 0 Å². The van der Waals surface area contributed by atoms with Crippen molar-refractivity contribution in [3.05, 3.63) is 29.8 Å². The summed E-state index contributed by atoms with van der Waals surface area (Å²) in [6.45, 7) is 0.906. The Morgan fingerprint density at radius 3 is 2.52 bits per heavy atom. The molecule has 1 aromatic carbocycles. The normalized spacial score (nSPS) is 18.1. The van der Waals surface area contributed by atoms with Crippen molar-refractivity contribution in [2.45, 2.75) is 31.7 Å². The maximum atomic E-state index is 12.1. The molecule has 0 aliphatic carbocycles. The molecule has 0 spiro atoms. The molecule has 2 amide bonds. The molecule has 114 valence electrons. The van der Waals surface area contributed by atoms with Gasteiger partial charge < -0.3 is 15.5 Å². The quantitative estimate of drug-likeness (QED) is 0.881. The molecule has 5 heteroatoms. The standard InChI is InChI=1S/C16H23N3O2/c1-19(2)15(20)11-12-6-8-13(9-7-12)18-16(21)14-5-3-4-10-17-14/h6-9,14,17H,3-5,10-11H2,1-2H3,(H,18,21).